The standard InChI is InChI=1S/C15H22O5/c1-4-13(19-9-10(2)3)20-15(18)12-8-6-5-7-11(12)14(16)17/h5,7,11-13H,2,4,6,8-9H2,1,3H3,(H,16,17). The SMILES string of the molecule is C=C(C)COC(CC)OC(=O)C1CCC=CC1C(=O)O. The van der Waals surface area contributed by atoms with Crippen molar-refractivity contribution < 1.29 is 24.2 Å². The van der Waals surface area contributed by atoms with Crippen molar-refractivity contribution in [2.24, 2.45) is 11.8 Å². The normalized spacial score (nSPS) is 23.1. The molecule has 5 heteroatoms. The highest BCUT2D eigenvalue weighted by molar-refractivity contribution is 5.82. The summed E-state index contributed by atoms with van der Waals surface area (Å²) < 4.78 is 10.7. The number of hydrogen-bond acceptors (Lipinski definition) is 4. The number of carbonyl (C=O) groups is 2. The molecule has 0 saturated heterocycles. The van der Waals surface area contributed by atoms with Gasteiger partial charge in [-0.15, -0.1) is 0 Å². The van der Waals surface area contributed by atoms with Crippen LogP contribution in [0.4, 0.5) is 0 Å². The summed E-state index contributed by atoms with van der Waals surface area (Å²) in [5, 5.41) is 9.12. The molecule has 0 aromatic rings. The van der Waals surface area contributed by atoms with Crippen LogP contribution in [0.5, 0.6) is 0 Å². The number of ether oxygens (including phenoxy) is 2. The zero-order chi connectivity index (χ0) is 15.1. The lowest BCUT2D eigenvalue weighted by Gasteiger charge is -2.25. The quantitative estimate of drug-likeness (QED) is 0.441. The van der Waals surface area contributed by atoms with Crippen molar-refractivity contribution in [2.75, 3.05) is 6.61 Å². The van der Waals surface area contributed by atoms with Crippen LogP contribution >= 0.6 is 0 Å². The third-order valence-electron chi connectivity index (χ3n) is 3.11. The first kappa shape index (κ1) is 16.4. The van der Waals surface area contributed by atoms with Crippen molar-refractivity contribution in [1.29, 1.82) is 0 Å². The summed E-state index contributed by atoms with van der Waals surface area (Å²) in [5.41, 5.74) is 0.837. The molecule has 0 saturated carbocycles. The van der Waals surface area contributed by atoms with Crippen LogP contribution in [0, 0.1) is 11.8 Å². The molecule has 0 aromatic carbocycles. The second kappa shape index (κ2) is 7.85. The van der Waals surface area contributed by atoms with Crippen molar-refractivity contribution in [1.82, 2.24) is 0 Å². The number of carboxylic acids is 1. The molecule has 1 rings (SSSR count). The summed E-state index contributed by atoms with van der Waals surface area (Å²) in [6.45, 7) is 7.69. The molecule has 0 aliphatic heterocycles. The van der Waals surface area contributed by atoms with Crippen LogP contribution in [0.3, 0.4) is 0 Å². The summed E-state index contributed by atoms with van der Waals surface area (Å²) in [5.74, 6) is -2.95. The molecule has 0 aromatic heterocycles. The molecule has 112 valence electrons. The fraction of sp³-hybridized carbons (Fsp3) is 0.600. The van der Waals surface area contributed by atoms with Gasteiger partial charge in [-0.2, -0.15) is 0 Å². The summed E-state index contributed by atoms with van der Waals surface area (Å²) in [6, 6.07) is 0. The first-order valence-corrected chi connectivity index (χ1v) is 6.81. The maximum absolute atomic E-state index is 12.1. The monoisotopic (exact) mass is 282 g/mol. The summed E-state index contributed by atoms with van der Waals surface area (Å²) in [7, 11) is 0. The number of allylic oxidation sites excluding steroid dienone is 1. The number of carboxylic acid groups (broad SMARTS) is 1. The molecule has 0 amide bonds. The van der Waals surface area contributed by atoms with Crippen LogP contribution in [-0.2, 0) is 19.1 Å². The molecule has 1 N–H and O–H groups in total. The van der Waals surface area contributed by atoms with Gasteiger partial charge < -0.3 is 14.6 Å². The maximum atomic E-state index is 12.1. The van der Waals surface area contributed by atoms with E-state index >= 15 is 0 Å². The van der Waals surface area contributed by atoms with Gasteiger partial charge in [0.25, 0.3) is 0 Å². The second-order valence-electron chi connectivity index (χ2n) is 5.02. The predicted octanol–water partition coefficient (Wildman–Crippen LogP) is 2.53. The Morgan fingerprint density at radius 1 is 1.50 bits per heavy atom. The molecule has 1 aliphatic rings. The third-order valence-corrected chi connectivity index (χ3v) is 3.11. The zero-order valence-electron chi connectivity index (χ0n) is 12.0. The van der Waals surface area contributed by atoms with Gasteiger partial charge in [0.15, 0.2) is 0 Å². The van der Waals surface area contributed by atoms with E-state index in [1.54, 1.807) is 12.2 Å². The Bertz CT molecular complexity index is 399. The summed E-state index contributed by atoms with van der Waals surface area (Å²) >= 11 is 0. The molecule has 3 atom stereocenters. The maximum Gasteiger partial charge on any atom is 0.312 e. The molecule has 0 radical (unpaired) electrons. The van der Waals surface area contributed by atoms with Gasteiger partial charge in [0.1, 0.15) is 0 Å². The van der Waals surface area contributed by atoms with E-state index in [0.717, 1.165) is 5.57 Å². The van der Waals surface area contributed by atoms with E-state index in [0.29, 0.717) is 25.9 Å². The highest BCUT2D eigenvalue weighted by atomic mass is 16.7. The lowest BCUT2D eigenvalue weighted by Crippen LogP contribution is -2.34. The molecule has 0 bridgehead atoms. The van der Waals surface area contributed by atoms with E-state index in [1.165, 1.54) is 0 Å². The van der Waals surface area contributed by atoms with Crippen molar-refractivity contribution >= 4 is 11.9 Å². The lowest BCUT2D eigenvalue weighted by atomic mass is 9.84. The van der Waals surface area contributed by atoms with E-state index in [1.807, 2.05) is 13.8 Å². The lowest BCUT2D eigenvalue weighted by molar-refractivity contribution is -0.185. The van der Waals surface area contributed by atoms with Crippen LogP contribution in [0.2, 0.25) is 0 Å². The van der Waals surface area contributed by atoms with Gasteiger partial charge >= 0.3 is 11.9 Å². The number of carbonyl (C=O) groups excluding carboxylic acids is 1. The Labute approximate surface area is 119 Å². The first-order chi connectivity index (χ1) is 9.45. The molecular weight excluding hydrogens is 260 g/mol. The highest BCUT2D eigenvalue weighted by Gasteiger charge is 2.35. The van der Waals surface area contributed by atoms with Gasteiger partial charge in [0, 0.05) is 6.42 Å². The van der Waals surface area contributed by atoms with Crippen molar-refractivity contribution in [3.63, 3.8) is 0 Å². The number of aliphatic carboxylic acids is 1. The third kappa shape index (κ3) is 4.81. The van der Waals surface area contributed by atoms with Gasteiger partial charge in [0.2, 0.25) is 6.29 Å². The molecule has 1 aliphatic carbocycles. The van der Waals surface area contributed by atoms with Gasteiger partial charge in [-0.25, -0.2) is 0 Å². The minimum atomic E-state index is -1.00. The van der Waals surface area contributed by atoms with Crippen LogP contribution in [0.1, 0.15) is 33.1 Å². The van der Waals surface area contributed by atoms with Gasteiger partial charge in [-0.05, 0) is 19.8 Å². The molecule has 0 heterocycles. The van der Waals surface area contributed by atoms with Gasteiger partial charge in [-0.1, -0.05) is 31.2 Å². The largest absolute Gasteiger partial charge is 0.481 e. The smallest absolute Gasteiger partial charge is 0.312 e. The molecular formula is C15H22O5. The van der Waals surface area contributed by atoms with Crippen LogP contribution in [0.25, 0.3) is 0 Å². The predicted molar refractivity (Wildman–Crippen MR) is 73.9 cm³/mol. The Hall–Kier alpha value is -1.62. The van der Waals surface area contributed by atoms with E-state index in [-0.39, 0.29) is 0 Å². The number of rotatable bonds is 7. The minimum Gasteiger partial charge on any atom is -0.481 e. The van der Waals surface area contributed by atoms with Crippen LogP contribution in [0.15, 0.2) is 24.3 Å². The molecule has 3 unspecified atom stereocenters. The van der Waals surface area contributed by atoms with Gasteiger partial charge in [0.05, 0.1) is 18.4 Å². The van der Waals surface area contributed by atoms with Crippen LogP contribution < -0.4 is 0 Å². The minimum absolute atomic E-state index is 0.318. The molecule has 0 fully saturated rings. The Morgan fingerprint density at radius 3 is 2.75 bits per heavy atom. The summed E-state index contributed by atoms with van der Waals surface area (Å²) in [4.78, 5) is 23.2. The zero-order valence-corrected chi connectivity index (χ0v) is 12.0. The van der Waals surface area contributed by atoms with E-state index in [4.69, 9.17) is 14.6 Å². The topological polar surface area (TPSA) is 72.8 Å². The highest BCUT2D eigenvalue weighted by Crippen LogP contribution is 2.27. The van der Waals surface area contributed by atoms with E-state index in [2.05, 4.69) is 6.58 Å². The number of esters is 1. The fourth-order valence-electron chi connectivity index (χ4n) is 2.04. The Balaban J connectivity index is 2.61. The molecule has 5 nitrogen and oxygen atoms in total. The van der Waals surface area contributed by atoms with Crippen LogP contribution in [-0.4, -0.2) is 29.9 Å². The first-order valence-electron chi connectivity index (χ1n) is 6.81. The number of hydrogen-bond donors (Lipinski definition) is 1. The Kier molecular flexibility index (Phi) is 6.45. The average molecular weight is 282 g/mol. The van der Waals surface area contributed by atoms with E-state index in [9.17, 15) is 9.59 Å². The molecule has 20 heavy (non-hydrogen) atoms. The average Bonchev–Trinajstić information content (AvgIpc) is 2.42. The fourth-order valence-corrected chi connectivity index (χ4v) is 2.04. The molecule has 0 spiro atoms. The van der Waals surface area contributed by atoms with Gasteiger partial charge in [-0.3, -0.25) is 9.59 Å². The Morgan fingerprint density at radius 2 is 2.20 bits per heavy atom. The van der Waals surface area contributed by atoms with Crippen molar-refractivity contribution in [2.45, 2.75) is 39.4 Å². The van der Waals surface area contributed by atoms with E-state index < -0.39 is 30.1 Å². The second-order valence-corrected chi connectivity index (χ2v) is 5.02. The van der Waals surface area contributed by atoms with Crippen molar-refractivity contribution in [3.05, 3.63) is 24.3 Å². The van der Waals surface area contributed by atoms with Crippen molar-refractivity contribution in [3.8, 4) is 0 Å². The summed E-state index contributed by atoms with van der Waals surface area (Å²) in [6.07, 6.45) is 4.39.